The third kappa shape index (κ3) is 8.97. The molecule has 3 heteroatoms. The maximum Gasteiger partial charge on any atom is 0.0596 e. The second-order valence-corrected chi connectivity index (χ2v) is 4.60. The summed E-state index contributed by atoms with van der Waals surface area (Å²) >= 11 is 3.48. The van der Waals surface area contributed by atoms with E-state index in [1.54, 1.807) is 0 Å². The summed E-state index contributed by atoms with van der Waals surface area (Å²) in [6.45, 7) is 10.6. The molecule has 0 radical (unpaired) electrons. The van der Waals surface area contributed by atoms with Gasteiger partial charge in [0.15, 0.2) is 0 Å². The SMILES string of the molecule is CCCCN(CCBr)CCOC(C)C. The second kappa shape index (κ2) is 9.94. The summed E-state index contributed by atoms with van der Waals surface area (Å²) in [4.78, 5) is 2.46. The van der Waals surface area contributed by atoms with E-state index in [4.69, 9.17) is 4.74 Å². The van der Waals surface area contributed by atoms with Crippen LogP contribution in [0, 0.1) is 0 Å². The van der Waals surface area contributed by atoms with Crippen LogP contribution in [0.15, 0.2) is 0 Å². The molecule has 0 saturated carbocycles. The van der Waals surface area contributed by atoms with Crippen LogP contribution in [0.1, 0.15) is 33.6 Å². The number of hydrogen-bond donors (Lipinski definition) is 0. The van der Waals surface area contributed by atoms with Gasteiger partial charge in [-0.1, -0.05) is 29.3 Å². The normalized spacial score (nSPS) is 11.6. The molecule has 0 aliphatic rings. The molecule has 0 aromatic heterocycles. The van der Waals surface area contributed by atoms with Crippen molar-refractivity contribution in [2.45, 2.75) is 39.7 Å². The van der Waals surface area contributed by atoms with Crippen LogP contribution in [-0.4, -0.2) is 42.6 Å². The van der Waals surface area contributed by atoms with E-state index >= 15 is 0 Å². The lowest BCUT2D eigenvalue weighted by atomic mass is 10.3. The van der Waals surface area contributed by atoms with Crippen LogP contribution in [-0.2, 0) is 4.74 Å². The van der Waals surface area contributed by atoms with Crippen molar-refractivity contribution in [3.05, 3.63) is 0 Å². The fourth-order valence-electron chi connectivity index (χ4n) is 1.25. The molecule has 0 atom stereocenters. The first-order valence-electron chi connectivity index (χ1n) is 5.60. The summed E-state index contributed by atoms with van der Waals surface area (Å²) in [5.41, 5.74) is 0. The average Bonchev–Trinajstić information content (AvgIpc) is 2.13. The van der Waals surface area contributed by atoms with Gasteiger partial charge in [-0.05, 0) is 26.8 Å². The molecule has 0 heterocycles. The molecule has 0 saturated heterocycles. The smallest absolute Gasteiger partial charge is 0.0596 e. The Balaban J connectivity index is 3.50. The van der Waals surface area contributed by atoms with Crippen molar-refractivity contribution in [1.82, 2.24) is 4.90 Å². The molecule has 0 N–H and O–H groups in total. The van der Waals surface area contributed by atoms with Gasteiger partial charge >= 0.3 is 0 Å². The van der Waals surface area contributed by atoms with E-state index in [1.807, 2.05) is 0 Å². The predicted octanol–water partition coefficient (Wildman–Crippen LogP) is 2.91. The van der Waals surface area contributed by atoms with E-state index in [1.165, 1.54) is 19.4 Å². The number of unbranched alkanes of at least 4 members (excludes halogenated alkanes) is 1. The van der Waals surface area contributed by atoms with E-state index in [2.05, 4.69) is 41.6 Å². The zero-order valence-electron chi connectivity index (χ0n) is 9.76. The van der Waals surface area contributed by atoms with Gasteiger partial charge in [0.1, 0.15) is 0 Å². The summed E-state index contributed by atoms with van der Waals surface area (Å²) in [5, 5.41) is 1.05. The minimum Gasteiger partial charge on any atom is -0.377 e. The van der Waals surface area contributed by atoms with E-state index in [-0.39, 0.29) is 0 Å². The monoisotopic (exact) mass is 265 g/mol. The van der Waals surface area contributed by atoms with Crippen molar-refractivity contribution in [2.75, 3.05) is 31.6 Å². The number of halogens is 1. The van der Waals surface area contributed by atoms with E-state index < -0.39 is 0 Å². The summed E-state index contributed by atoms with van der Waals surface area (Å²) < 4.78 is 5.54. The van der Waals surface area contributed by atoms with Crippen LogP contribution in [0.2, 0.25) is 0 Å². The number of nitrogens with zero attached hydrogens (tertiary/aromatic N) is 1. The lowest BCUT2D eigenvalue weighted by molar-refractivity contribution is 0.0600. The van der Waals surface area contributed by atoms with Crippen LogP contribution in [0.25, 0.3) is 0 Å². The lowest BCUT2D eigenvalue weighted by Crippen LogP contribution is -2.31. The first-order chi connectivity index (χ1) is 6.70. The summed E-state index contributed by atoms with van der Waals surface area (Å²) in [7, 11) is 0. The van der Waals surface area contributed by atoms with Crippen LogP contribution >= 0.6 is 15.9 Å². The minimum atomic E-state index is 0.354. The van der Waals surface area contributed by atoms with Crippen LogP contribution in [0.5, 0.6) is 0 Å². The first kappa shape index (κ1) is 14.4. The van der Waals surface area contributed by atoms with Crippen LogP contribution in [0.4, 0.5) is 0 Å². The molecule has 0 spiro atoms. The van der Waals surface area contributed by atoms with Gasteiger partial charge in [0.2, 0.25) is 0 Å². The highest BCUT2D eigenvalue weighted by molar-refractivity contribution is 9.09. The van der Waals surface area contributed by atoms with Crippen molar-refractivity contribution in [1.29, 1.82) is 0 Å². The number of ether oxygens (including phenoxy) is 1. The molecule has 86 valence electrons. The zero-order valence-corrected chi connectivity index (χ0v) is 11.3. The van der Waals surface area contributed by atoms with E-state index in [0.717, 1.165) is 25.0 Å². The van der Waals surface area contributed by atoms with Gasteiger partial charge in [-0.25, -0.2) is 0 Å². The van der Waals surface area contributed by atoms with Crippen molar-refractivity contribution in [2.24, 2.45) is 0 Å². The Kier molecular flexibility index (Phi) is 10.2. The largest absolute Gasteiger partial charge is 0.377 e. The van der Waals surface area contributed by atoms with Crippen LogP contribution < -0.4 is 0 Å². The first-order valence-corrected chi connectivity index (χ1v) is 6.72. The summed E-state index contributed by atoms with van der Waals surface area (Å²) in [6, 6.07) is 0. The Bertz CT molecular complexity index is 120. The van der Waals surface area contributed by atoms with Crippen molar-refractivity contribution < 1.29 is 4.74 Å². The van der Waals surface area contributed by atoms with Gasteiger partial charge in [0.25, 0.3) is 0 Å². The summed E-state index contributed by atoms with van der Waals surface area (Å²) in [6.07, 6.45) is 2.91. The molecule has 0 amide bonds. The number of rotatable bonds is 9. The zero-order chi connectivity index (χ0) is 10.8. The highest BCUT2D eigenvalue weighted by Crippen LogP contribution is 1.97. The van der Waals surface area contributed by atoms with Gasteiger partial charge in [-0.3, -0.25) is 0 Å². The standard InChI is InChI=1S/C11H24BrNO/c1-4-5-7-13(8-6-12)9-10-14-11(2)3/h11H,4-10H2,1-3H3. The van der Waals surface area contributed by atoms with Gasteiger partial charge in [-0.15, -0.1) is 0 Å². The molecule has 0 aromatic rings. The second-order valence-electron chi connectivity index (χ2n) is 3.80. The number of alkyl halides is 1. The predicted molar refractivity (Wildman–Crippen MR) is 66.2 cm³/mol. The summed E-state index contributed by atoms with van der Waals surface area (Å²) in [5.74, 6) is 0. The van der Waals surface area contributed by atoms with Gasteiger partial charge in [0.05, 0.1) is 12.7 Å². The quantitative estimate of drug-likeness (QED) is 0.595. The Labute approximate surface area is 97.1 Å². The Morgan fingerprint density at radius 3 is 2.43 bits per heavy atom. The maximum atomic E-state index is 5.54. The van der Waals surface area contributed by atoms with Crippen molar-refractivity contribution in [3.8, 4) is 0 Å². The van der Waals surface area contributed by atoms with Crippen molar-refractivity contribution >= 4 is 15.9 Å². The Hall–Kier alpha value is 0.400. The molecule has 2 nitrogen and oxygen atoms in total. The Morgan fingerprint density at radius 2 is 1.93 bits per heavy atom. The van der Waals surface area contributed by atoms with Crippen LogP contribution in [0.3, 0.4) is 0 Å². The molecule has 0 fully saturated rings. The van der Waals surface area contributed by atoms with Gasteiger partial charge in [0, 0.05) is 18.4 Å². The molecule has 14 heavy (non-hydrogen) atoms. The lowest BCUT2D eigenvalue weighted by Gasteiger charge is -2.21. The maximum absolute atomic E-state index is 5.54. The molecular formula is C11H24BrNO. The minimum absolute atomic E-state index is 0.354. The fourth-order valence-corrected chi connectivity index (χ4v) is 1.76. The third-order valence-electron chi connectivity index (χ3n) is 2.09. The van der Waals surface area contributed by atoms with Gasteiger partial charge < -0.3 is 9.64 Å². The molecule has 0 aliphatic heterocycles. The van der Waals surface area contributed by atoms with E-state index in [9.17, 15) is 0 Å². The molecule has 0 bridgehead atoms. The van der Waals surface area contributed by atoms with Gasteiger partial charge in [-0.2, -0.15) is 0 Å². The average molecular weight is 266 g/mol. The molecule has 0 rings (SSSR count). The number of hydrogen-bond acceptors (Lipinski definition) is 2. The molecule has 0 aliphatic carbocycles. The molecular weight excluding hydrogens is 242 g/mol. The van der Waals surface area contributed by atoms with E-state index in [0.29, 0.717) is 6.10 Å². The highest BCUT2D eigenvalue weighted by Gasteiger charge is 2.03. The molecule has 0 unspecified atom stereocenters. The topological polar surface area (TPSA) is 12.5 Å². The fraction of sp³-hybridized carbons (Fsp3) is 1.00. The Morgan fingerprint density at radius 1 is 1.21 bits per heavy atom. The third-order valence-corrected chi connectivity index (χ3v) is 2.44. The highest BCUT2D eigenvalue weighted by atomic mass is 79.9. The molecule has 0 aromatic carbocycles. The van der Waals surface area contributed by atoms with Crippen molar-refractivity contribution in [3.63, 3.8) is 0 Å².